The van der Waals surface area contributed by atoms with Gasteiger partial charge in [0.05, 0.1) is 28.6 Å². The van der Waals surface area contributed by atoms with Crippen LogP contribution in [0.5, 0.6) is 5.75 Å². The number of hydroxylamine groups is 1. The molecule has 0 fully saturated rings. The predicted molar refractivity (Wildman–Crippen MR) is 136 cm³/mol. The van der Waals surface area contributed by atoms with Crippen LogP contribution in [0.15, 0.2) is 77.7 Å². The zero-order valence-electron chi connectivity index (χ0n) is 19.2. The summed E-state index contributed by atoms with van der Waals surface area (Å²) in [6, 6.07) is 19.8. The first kappa shape index (κ1) is 24.1. The summed E-state index contributed by atoms with van der Waals surface area (Å²) in [4.78, 5) is 16.6. The Kier molecular flexibility index (Phi) is 6.29. The van der Waals surface area contributed by atoms with E-state index in [2.05, 4.69) is 4.98 Å². The van der Waals surface area contributed by atoms with Gasteiger partial charge in [0.2, 0.25) is 5.91 Å². The number of carbonyl (C=O) groups excluding carboxylic acids is 1. The van der Waals surface area contributed by atoms with Crippen molar-refractivity contribution >= 4 is 44.1 Å². The Morgan fingerprint density at radius 1 is 1.11 bits per heavy atom. The van der Waals surface area contributed by atoms with Gasteiger partial charge >= 0.3 is 0 Å². The smallest absolute Gasteiger partial charge is 0.265 e. The lowest BCUT2D eigenvalue weighted by molar-refractivity contribution is -0.129. The van der Waals surface area contributed by atoms with Crippen LogP contribution in [0.3, 0.4) is 0 Å². The van der Waals surface area contributed by atoms with Gasteiger partial charge in [-0.1, -0.05) is 29.8 Å². The number of aryl methyl sites for hydroxylation is 1. The van der Waals surface area contributed by atoms with Crippen LogP contribution in [0.2, 0.25) is 5.02 Å². The molecule has 2 heterocycles. The molecule has 1 aromatic heterocycles. The number of sulfonamides is 1. The van der Waals surface area contributed by atoms with Crippen molar-refractivity contribution in [1.29, 1.82) is 0 Å². The van der Waals surface area contributed by atoms with Gasteiger partial charge in [0, 0.05) is 21.7 Å². The second-order valence-corrected chi connectivity index (χ2v) is 10.7. The number of amides is 1. The Morgan fingerprint density at radius 2 is 1.86 bits per heavy atom. The molecule has 0 saturated carbocycles. The second kappa shape index (κ2) is 9.42. The minimum Gasteiger partial charge on any atom is -0.489 e. The van der Waals surface area contributed by atoms with Gasteiger partial charge in [-0.05, 0) is 67.1 Å². The van der Waals surface area contributed by atoms with Crippen LogP contribution in [0.25, 0.3) is 10.9 Å². The number of fused-ring (bicyclic) bond motifs is 2. The van der Waals surface area contributed by atoms with Gasteiger partial charge in [0.1, 0.15) is 12.4 Å². The summed E-state index contributed by atoms with van der Waals surface area (Å²) in [7, 11) is -3.89. The standard InChI is InChI=1S/C26H22ClN3O5S/c1-16-12-17(22-13-18(27)6-11-23(22)28-16)15-35-20-9-7-19(8-10-20)30-24(14-26(31)29-32)21-4-2-3-5-25(21)36(30,33)34/h2-13,24,32H,14-15H2,1H3,(H,29,31). The van der Waals surface area contributed by atoms with Crippen LogP contribution < -0.4 is 14.5 Å². The molecule has 10 heteroatoms. The number of nitrogens with zero attached hydrogens (tertiary/aromatic N) is 2. The van der Waals surface area contributed by atoms with E-state index in [0.717, 1.165) is 22.2 Å². The second-order valence-electron chi connectivity index (χ2n) is 8.46. The first-order valence-electron chi connectivity index (χ1n) is 11.1. The van der Waals surface area contributed by atoms with Crippen molar-refractivity contribution in [1.82, 2.24) is 10.5 Å². The van der Waals surface area contributed by atoms with Crippen molar-refractivity contribution in [3.63, 3.8) is 0 Å². The molecule has 1 aliphatic heterocycles. The van der Waals surface area contributed by atoms with E-state index in [1.807, 2.05) is 25.1 Å². The van der Waals surface area contributed by atoms with Crippen LogP contribution in [-0.4, -0.2) is 24.5 Å². The third kappa shape index (κ3) is 4.37. The molecule has 1 atom stereocenters. The summed E-state index contributed by atoms with van der Waals surface area (Å²) >= 11 is 6.18. The first-order chi connectivity index (χ1) is 17.3. The highest BCUT2D eigenvalue weighted by Crippen LogP contribution is 2.44. The molecule has 2 N–H and O–H groups in total. The van der Waals surface area contributed by atoms with E-state index in [0.29, 0.717) is 22.0 Å². The van der Waals surface area contributed by atoms with Gasteiger partial charge in [-0.25, -0.2) is 13.9 Å². The van der Waals surface area contributed by atoms with Crippen molar-refractivity contribution in [3.05, 3.63) is 94.6 Å². The summed E-state index contributed by atoms with van der Waals surface area (Å²) in [5, 5.41) is 10.5. The van der Waals surface area contributed by atoms with Gasteiger partial charge < -0.3 is 4.74 Å². The minimum atomic E-state index is -3.89. The number of anilines is 1. The predicted octanol–water partition coefficient (Wildman–Crippen LogP) is 4.92. The molecule has 3 aromatic carbocycles. The van der Waals surface area contributed by atoms with Crippen LogP contribution in [0, 0.1) is 6.92 Å². The Hall–Kier alpha value is -3.66. The van der Waals surface area contributed by atoms with Gasteiger partial charge in [-0.2, -0.15) is 0 Å². The molecule has 4 aromatic rings. The highest BCUT2D eigenvalue weighted by molar-refractivity contribution is 7.93. The van der Waals surface area contributed by atoms with Crippen LogP contribution >= 0.6 is 11.6 Å². The number of aromatic nitrogens is 1. The van der Waals surface area contributed by atoms with Gasteiger partial charge in [-0.3, -0.25) is 19.3 Å². The van der Waals surface area contributed by atoms with E-state index < -0.39 is 22.0 Å². The largest absolute Gasteiger partial charge is 0.489 e. The number of hydrogen-bond donors (Lipinski definition) is 2. The molecule has 1 aliphatic rings. The summed E-state index contributed by atoms with van der Waals surface area (Å²) in [6.07, 6.45) is -0.234. The fourth-order valence-electron chi connectivity index (χ4n) is 4.51. The van der Waals surface area contributed by atoms with E-state index in [1.165, 1.54) is 10.4 Å². The number of pyridine rings is 1. The maximum absolute atomic E-state index is 13.3. The van der Waals surface area contributed by atoms with Crippen molar-refractivity contribution in [2.24, 2.45) is 0 Å². The molecule has 0 aliphatic carbocycles. The Labute approximate surface area is 213 Å². The molecule has 0 spiro atoms. The highest BCUT2D eigenvalue weighted by atomic mass is 35.5. The number of carbonyl (C=O) groups is 1. The van der Waals surface area contributed by atoms with E-state index >= 15 is 0 Å². The van der Waals surface area contributed by atoms with E-state index in [4.69, 9.17) is 21.5 Å². The third-order valence-corrected chi connectivity index (χ3v) is 8.22. The monoisotopic (exact) mass is 523 g/mol. The van der Waals surface area contributed by atoms with Gasteiger partial charge in [0.25, 0.3) is 10.0 Å². The van der Waals surface area contributed by atoms with E-state index in [-0.39, 0.29) is 17.9 Å². The van der Waals surface area contributed by atoms with E-state index in [1.54, 1.807) is 54.0 Å². The van der Waals surface area contributed by atoms with Crippen LogP contribution in [-0.2, 0) is 21.4 Å². The minimum absolute atomic E-state index is 0.139. The Bertz CT molecular complexity index is 1570. The van der Waals surface area contributed by atoms with Crippen molar-refractivity contribution < 1.29 is 23.2 Å². The molecule has 184 valence electrons. The topological polar surface area (TPSA) is 109 Å². The third-order valence-electron chi connectivity index (χ3n) is 6.07. The summed E-state index contributed by atoms with van der Waals surface area (Å²) in [6.45, 7) is 2.18. The number of nitrogens with one attached hydrogen (secondary N) is 1. The van der Waals surface area contributed by atoms with Gasteiger partial charge in [-0.15, -0.1) is 0 Å². The van der Waals surface area contributed by atoms with Crippen LogP contribution in [0.1, 0.15) is 29.3 Å². The number of halogens is 1. The molecular formula is C26H22ClN3O5S. The Balaban J connectivity index is 1.42. The maximum atomic E-state index is 13.3. The summed E-state index contributed by atoms with van der Waals surface area (Å²) in [5.74, 6) is -0.140. The molecule has 0 bridgehead atoms. The fourth-order valence-corrected chi connectivity index (χ4v) is 6.57. The first-order valence-corrected chi connectivity index (χ1v) is 12.9. The average molecular weight is 524 g/mol. The lowest BCUT2D eigenvalue weighted by Crippen LogP contribution is -2.32. The van der Waals surface area contributed by atoms with Crippen molar-refractivity contribution in [3.8, 4) is 5.75 Å². The zero-order valence-corrected chi connectivity index (χ0v) is 20.8. The lowest BCUT2D eigenvalue weighted by atomic mass is 10.0. The number of rotatable bonds is 6. The molecular weight excluding hydrogens is 502 g/mol. The maximum Gasteiger partial charge on any atom is 0.265 e. The fraction of sp³-hybridized carbons (Fsp3) is 0.154. The Morgan fingerprint density at radius 3 is 2.61 bits per heavy atom. The zero-order chi connectivity index (χ0) is 25.4. The molecule has 5 rings (SSSR count). The number of hydrogen-bond acceptors (Lipinski definition) is 6. The summed E-state index contributed by atoms with van der Waals surface area (Å²) in [5.41, 5.74) is 5.08. The van der Waals surface area contributed by atoms with Crippen LogP contribution in [0.4, 0.5) is 5.69 Å². The lowest BCUT2D eigenvalue weighted by Gasteiger charge is -2.25. The van der Waals surface area contributed by atoms with Crippen molar-refractivity contribution in [2.75, 3.05) is 4.31 Å². The number of ether oxygens (including phenoxy) is 1. The normalized spacial score (nSPS) is 16.1. The van der Waals surface area contributed by atoms with E-state index in [9.17, 15) is 13.2 Å². The molecule has 0 radical (unpaired) electrons. The number of benzene rings is 3. The average Bonchev–Trinajstić information content (AvgIpc) is 3.09. The highest BCUT2D eigenvalue weighted by Gasteiger charge is 2.43. The molecule has 8 nitrogen and oxygen atoms in total. The SMILES string of the molecule is Cc1cc(COc2ccc(N3C(CC(=O)NO)c4ccccc4S3(=O)=O)cc2)c2cc(Cl)ccc2n1. The molecule has 36 heavy (non-hydrogen) atoms. The molecule has 1 amide bonds. The molecule has 1 unspecified atom stereocenters. The van der Waals surface area contributed by atoms with Gasteiger partial charge in [0.15, 0.2) is 0 Å². The molecule has 0 saturated heterocycles. The quantitative estimate of drug-likeness (QED) is 0.274. The summed E-state index contributed by atoms with van der Waals surface area (Å²) < 4.78 is 33.9. The van der Waals surface area contributed by atoms with Crippen molar-refractivity contribution in [2.45, 2.75) is 30.9 Å².